The fourth-order valence-corrected chi connectivity index (χ4v) is 3.46. The highest BCUT2D eigenvalue weighted by Crippen LogP contribution is 2.20. The molecule has 0 radical (unpaired) electrons. The van der Waals surface area contributed by atoms with E-state index in [0.717, 1.165) is 30.2 Å². The number of rotatable bonds is 3. The molecule has 1 aliphatic rings. The van der Waals surface area contributed by atoms with E-state index in [-0.39, 0.29) is 17.8 Å². The number of benzene rings is 1. The van der Waals surface area contributed by atoms with Gasteiger partial charge in [0, 0.05) is 32.1 Å². The number of carbonyl (C=O) groups is 1. The summed E-state index contributed by atoms with van der Waals surface area (Å²) in [6.45, 7) is 4.43. The van der Waals surface area contributed by atoms with Crippen LogP contribution >= 0.6 is 11.3 Å². The van der Waals surface area contributed by atoms with Crippen LogP contribution in [0.5, 0.6) is 0 Å². The van der Waals surface area contributed by atoms with Gasteiger partial charge in [0.05, 0.1) is 11.2 Å². The molecule has 2 heterocycles. The highest BCUT2D eigenvalue weighted by atomic mass is 32.1. The van der Waals surface area contributed by atoms with E-state index in [4.69, 9.17) is 0 Å². The summed E-state index contributed by atoms with van der Waals surface area (Å²) in [7, 11) is 0. The second kappa shape index (κ2) is 6.54. The summed E-state index contributed by atoms with van der Waals surface area (Å²) in [6, 6.07) is 6.58. The average Bonchev–Trinajstić information content (AvgIpc) is 2.98. The van der Waals surface area contributed by atoms with Gasteiger partial charge >= 0.3 is 0 Å². The lowest BCUT2D eigenvalue weighted by Crippen LogP contribution is -2.52. The largest absolute Gasteiger partial charge is 0.333 e. The van der Waals surface area contributed by atoms with Crippen LogP contribution in [0.4, 0.5) is 4.39 Å². The molecular formula is C16H18FN3OS. The van der Waals surface area contributed by atoms with E-state index in [1.165, 1.54) is 23.5 Å². The molecule has 1 aliphatic heterocycles. The Hall–Kier alpha value is -1.79. The van der Waals surface area contributed by atoms with Crippen LogP contribution in [0.15, 0.2) is 30.5 Å². The lowest BCUT2D eigenvalue weighted by atomic mass is 10.2. The molecule has 1 atom stereocenters. The van der Waals surface area contributed by atoms with Gasteiger partial charge in [-0.25, -0.2) is 9.37 Å². The molecule has 22 heavy (non-hydrogen) atoms. The van der Waals surface area contributed by atoms with Gasteiger partial charge in [-0.15, -0.1) is 11.3 Å². The van der Waals surface area contributed by atoms with Gasteiger partial charge in [0.25, 0.3) is 5.91 Å². The van der Waals surface area contributed by atoms with Crippen LogP contribution in [0.3, 0.4) is 0 Å². The van der Waals surface area contributed by atoms with Crippen molar-refractivity contribution in [3.63, 3.8) is 0 Å². The van der Waals surface area contributed by atoms with Gasteiger partial charge in [0.2, 0.25) is 0 Å². The Morgan fingerprint density at radius 3 is 2.95 bits per heavy atom. The molecule has 116 valence electrons. The molecule has 1 fully saturated rings. The van der Waals surface area contributed by atoms with Crippen LogP contribution in [0.2, 0.25) is 0 Å². The van der Waals surface area contributed by atoms with E-state index >= 15 is 0 Å². The average molecular weight is 319 g/mol. The minimum absolute atomic E-state index is 0.0526. The monoisotopic (exact) mass is 319 g/mol. The second-order valence-electron chi connectivity index (χ2n) is 5.47. The SMILES string of the molecule is C[C@@H]1CNCCN1C(=O)c1cnc(Cc2ccc(F)cc2)s1. The third-order valence-electron chi connectivity index (χ3n) is 3.80. The molecule has 1 amide bonds. The van der Waals surface area contributed by atoms with Gasteiger partial charge in [0.1, 0.15) is 10.7 Å². The van der Waals surface area contributed by atoms with Crippen molar-refractivity contribution in [2.24, 2.45) is 0 Å². The van der Waals surface area contributed by atoms with E-state index in [0.29, 0.717) is 11.3 Å². The van der Waals surface area contributed by atoms with Crippen molar-refractivity contribution in [2.75, 3.05) is 19.6 Å². The maximum Gasteiger partial charge on any atom is 0.265 e. The number of nitrogens with zero attached hydrogens (tertiary/aromatic N) is 2. The number of piperazine rings is 1. The Kier molecular flexibility index (Phi) is 4.49. The van der Waals surface area contributed by atoms with Gasteiger partial charge in [0.15, 0.2) is 0 Å². The zero-order valence-corrected chi connectivity index (χ0v) is 13.2. The van der Waals surface area contributed by atoms with E-state index < -0.39 is 0 Å². The number of nitrogens with one attached hydrogen (secondary N) is 1. The van der Waals surface area contributed by atoms with Crippen molar-refractivity contribution in [1.29, 1.82) is 0 Å². The lowest BCUT2D eigenvalue weighted by Gasteiger charge is -2.33. The van der Waals surface area contributed by atoms with E-state index in [9.17, 15) is 9.18 Å². The molecular weight excluding hydrogens is 301 g/mol. The zero-order chi connectivity index (χ0) is 15.5. The fourth-order valence-electron chi connectivity index (χ4n) is 2.55. The Morgan fingerprint density at radius 2 is 2.23 bits per heavy atom. The topological polar surface area (TPSA) is 45.2 Å². The fraction of sp³-hybridized carbons (Fsp3) is 0.375. The molecule has 1 N–H and O–H groups in total. The van der Waals surface area contributed by atoms with Crippen LogP contribution in [0, 0.1) is 5.82 Å². The van der Waals surface area contributed by atoms with Gasteiger partial charge in [-0.3, -0.25) is 4.79 Å². The molecule has 1 aromatic heterocycles. The van der Waals surface area contributed by atoms with Gasteiger partial charge in [-0.05, 0) is 24.6 Å². The predicted molar refractivity (Wildman–Crippen MR) is 84.7 cm³/mol. The third-order valence-corrected chi connectivity index (χ3v) is 4.78. The lowest BCUT2D eigenvalue weighted by molar-refractivity contribution is 0.0660. The highest BCUT2D eigenvalue weighted by molar-refractivity contribution is 7.13. The first-order valence-electron chi connectivity index (χ1n) is 7.34. The van der Waals surface area contributed by atoms with Crippen molar-refractivity contribution in [2.45, 2.75) is 19.4 Å². The smallest absolute Gasteiger partial charge is 0.265 e. The normalized spacial score (nSPS) is 18.5. The molecule has 6 heteroatoms. The van der Waals surface area contributed by atoms with Crippen LogP contribution in [0.25, 0.3) is 0 Å². The van der Waals surface area contributed by atoms with Crippen LogP contribution < -0.4 is 5.32 Å². The first-order valence-corrected chi connectivity index (χ1v) is 8.16. The van der Waals surface area contributed by atoms with E-state index in [1.54, 1.807) is 18.3 Å². The number of hydrogen-bond acceptors (Lipinski definition) is 4. The Balaban J connectivity index is 1.70. The first kappa shape index (κ1) is 15.1. The molecule has 1 aromatic carbocycles. The summed E-state index contributed by atoms with van der Waals surface area (Å²) in [5.41, 5.74) is 0.991. The number of thiazole rings is 1. The summed E-state index contributed by atoms with van der Waals surface area (Å²) in [5.74, 6) is -0.191. The maximum atomic E-state index is 12.9. The molecule has 3 rings (SSSR count). The quantitative estimate of drug-likeness (QED) is 0.944. The van der Waals surface area contributed by atoms with Crippen LogP contribution in [-0.4, -0.2) is 41.5 Å². The van der Waals surface area contributed by atoms with Crippen molar-refractivity contribution < 1.29 is 9.18 Å². The highest BCUT2D eigenvalue weighted by Gasteiger charge is 2.25. The molecule has 0 aliphatic carbocycles. The molecule has 1 saturated heterocycles. The molecule has 2 aromatic rings. The summed E-state index contributed by atoms with van der Waals surface area (Å²) in [5, 5.41) is 4.15. The Morgan fingerprint density at radius 1 is 1.45 bits per heavy atom. The zero-order valence-electron chi connectivity index (χ0n) is 12.4. The third kappa shape index (κ3) is 3.34. The summed E-state index contributed by atoms with van der Waals surface area (Å²) < 4.78 is 12.9. The minimum Gasteiger partial charge on any atom is -0.333 e. The number of carbonyl (C=O) groups excluding carboxylic acids is 1. The standard InChI is InChI=1S/C16H18FN3OS/c1-11-9-18-6-7-20(11)16(21)14-10-19-15(22-14)8-12-2-4-13(17)5-3-12/h2-5,10-11,18H,6-9H2,1H3/t11-/m1/s1. The molecule has 0 spiro atoms. The van der Waals surface area contributed by atoms with E-state index in [1.807, 2.05) is 11.8 Å². The number of aromatic nitrogens is 1. The molecule has 0 saturated carbocycles. The van der Waals surface area contributed by atoms with Crippen LogP contribution in [0.1, 0.15) is 27.2 Å². The maximum absolute atomic E-state index is 12.9. The Bertz CT molecular complexity index is 656. The molecule has 4 nitrogen and oxygen atoms in total. The molecule has 0 unspecified atom stereocenters. The summed E-state index contributed by atoms with van der Waals surface area (Å²) in [6.07, 6.45) is 2.27. The summed E-state index contributed by atoms with van der Waals surface area (Å²) in [4.78, 5) is 19.4. The Labute approximate surface area is 133 Å². The first-order chi connectivity index (χ1) is 10.6. The van der Waals surface area contributed by atoms with Crippen LogP contribution in [-0.2, 0) is 6.42 Å². The van der Waals surface area contributed by atoms with Gasteiger partial charge in [-0.1, -0.05) is 12.1 Å². The van der Waals surface area contributed by atoms with Crippen molar-refractivity contribution >= 4 is 17.2 Å². The summed E-state index contributed by atoms with van der Waals surface area (Å²) >= 11 is 1.42. The van der Waals surface area contributed by atoms with Crippen molar-refractivity contribution in [1.82, 2.24) is 15.2 Å². The van der Waals surface area contributed by atoms with Crippen molar-refractivity contribution in [3.05, 3.63) is 51.7 Å². The second-order valence-corrected chi connectivity index (χ2v) is 6.59. The van der Waals surface area contributed by atoms with Gasteiger partial charge < -0.3 is 10.2 Å². The predicted octanol–water partition coefficient (Wildman–Crippen LogP) is 2.31. The number of amides is 1. The molecule has 0 bridgehead atoms. The minimum atomic E-state index is -0.244. The number of hydrogen-bond donors (Lipinski definition) is 1. The van der Waals surface area contributed by atoms with E-state index in [2.05, 4.69) is 10.3 Å². The van der Waals surface area contributed by atoms with Crippen molar-refractivity contribution in [3.8, 4) is 0 Å². The van der Waals surface area contributed by atoms with Gasteiger partial charge in [-0.2, -0.15) is 0 Å². The number of halogens is 1.